The molecule has 1 saturated heterocycles. The standard InChI is InChI=1S/C27H33FN2O4/c1-27(2,3)34-26(31)30-17-24(18-30)32-13-12-29-16-20-4-8-21-15-23(33-25(21)14-20)11-7-19-5-9-22(28)10-6-19/h4-6,8-10,14-15,24,29H,7,11-13,16-18H2,1-3H3. The van der Waals surface area contributed by atoms with E-state index in [1.807, 2.05) is 32.9 Å². The zero-order valence-electron chi connectivity index (χ0n) is 20.1. The molecule has 1 aliphatic rings. The van der Waals surface area contributed by atoms with Crippen LogP contribution in [0.25, 0.3) is 11.0 Å². The van der Waals surface area contributed by atoms with Crippen LogP contribution >= 0.6 is 0 Å². The number of nitrogens with one attached hydrogen (secondary N) is 1. The molecule has 0 spiro atoms. The lowest BCUT2D eigenvalue weighted by Gasteiger charge is -2.39. The van der Waals surface area contributed by atoms with E-state index in [-0.39, 0.29) is 18.0 Å². The Morgan fingerprint density at radius 3 is 2.56 bits per heavy atom. The summed E-state index contributed by atoms with van der Waals surface area (Å²) in [7, 11) is 0. The van der Waals surface area contributed by atoms with Gasteiger partial charge in [0.2, 0.25) is 0 Å². The van der Waals surface area contributed by atoms with Gasteiger partial charge in [0.25, 0.3) is 0 Å². The van der Waals surface area contributed by atoms with Gasteiger partial charge in [0.05, 0.1) is 25.8 Å². The molecule has 3 aromatic rings. The van der Waals surface area contributed by atoms with Crippen LogP contribution in [-0.2, 0) is 28.9 Å². The topological polar surface area (TPSA) is 63.9 Å². The molecule has 1 aliphatic heterocycles. The van der Waals surface area contributed by atoms with Crippen molar-refractivity contribution >= 4 is 17.1 Å². The third-order valence-corrected chi connectivity index (χ3v) is 5.67. The minimum Gasteiger partial charge on any atom is -0.461 e. The molecule has 7 heteroatoms. The largest absolute Gasteiger partial charge is 0.461 e. The second-order valence-corrected chi connectivity index (χ2v) is 9.77. The third-order valence-electron chi connectivity index (χ3n) is 5.67. The minimum atomic E-state index is -0.475. The highest BCUT2D eigenvalue weighted by molar-refractivity contribution is 5.78. The fourth-order valence-electron chi connectivity index (χ4n) is 3.83. The van der Waals surface area contributed by atoms with Gasteiger partial charge in [0, 0.05) is 24.9 Å². The van der Waals surface area contributed by atoms with Crippen molar-refractivity contribution in [3.05, 3.63) is 71.2 Å². The van der Waals surface area contributed by atoms with Gasteiger partial charge in [-0.2, -0.15) is 0 Å². The average molecular weight is 469 g/mol. The Hall–Kier alpha value is -2.90. The molecule has 0 radical (unpaired) electrons. The third kappa shape index (κ3) is 6.81. The molecule has 1 N–H and O–H groups in total. The van der Waals surface area contributed by atoms with E-state index in [9.17, 15) is 9.18 Å². The summed E-state index contributed by atoms with van der Waals surface area (Å²) in [5.41, 5.74) is 2.64. The van der Waals surface area contributed by atoms with Crippen LogP contribution in [0, 0.1) is 5.82 Å². The molecule has 0 aliphatic carbocycles. The normalized spacial score (nSPS) is 14.4. The van der Waals surface area contributed by atoms with Crippen molar-refractivity contribution in [2.75, 3.05) is 26.2 Å². The smallest absolute Gasteiger partial charge is 0.410 e. The number of hydrogen-bond donors (Lipinski definition) is 1. The van der Waals surface area contributed by atoms with Crippen molar-refractivity contribution < 1.29 is 23.1 Å². The number of benzene rings is 2. The number of furan rings is 1. The zero-order chi connectivity index (χ0) is 24.1. The first kappa shape index (κ1) is 24.2. The number of fused-ring (bicyclic) bond motifs is 1. The number of carbonyl (C=O) groups is 1. The van der Waals surface area contributed by atoms with Crippen molar-refractivity contribution in [3.8, 4) is 0 Å². The van der Waals surface area contributed by atoms with Crippen LogP contribution in [0.4, 0.5) is 9.18 Å². The van der Waals surface area contributed by atoms with Gasteiger partial charge < -0.3 is 24.1 Å². The monoisotopic (exact) mass is 468 g/mol. The molecule has 1 fully saturated rings. The number of rotatable bonds is 9. The molecule has 0 atom stereocenters. The first-order valence-electron chi connectivity index (χ1n) is 11.8. The summed E-state index contributed by atoms with van der Waals surface area (Å²) in [6, 6.07) is 14.9. The fraction of sp³-hybridized carbons (Fsp3) is 0.444. The Kier molecular flexibility index (Phi) is 7.54. The summed E-state index contributed by atoms with van der Waals surface area (Å²) in [6.07, 6.45) is 1.38. The molecule has 2 aromatic carbocycles. The molecule has 2 heterocycles. The van der Waals surface area contributed by atoms with Crippen molar-refractivity contribution in [1.82, 2.24) is 10.2 Å². The second-order valence-electron chi connectivity index (χ2n) is 9.77. The first-order valence-corrected chi connectivity index (χ1v) is 11.8. The predicted octanol–water partition coefficient (Wildman–Crippen LogP) is 5.08. The van der Waals surface area contributed by atoms with Crippen LogP contribution in [0.5, 0.6) is 0 Å². The Labute approximate surface area is 200 Å². The van der Waals surface area contributed by atoms with Crippen molar-refractivity contribution in [2.24, 2.45) is 0 Å². The Morgan fingerprint density at radius 2 is 1.82 bits per heavy atom. The lowest BCUT2D eigenvalue weighted by molar-refractivity contribution is -0.0620. The van der Waals surface area contributed by atoms with E-state index < -0.39 is 5.60 Å². The van der Waals surface area contributed by atoms with Gasteiger partial charge >= 0.3 is 6.09 Å². The molecule has 1 aromatic heterocycles. The lowest BCUT2D eigenvalue weighted by atomic mass is 10.1. The van der Waals surface area contributed by atoms with Gasteiger partial charge in [-0.1, -0.05) is 24.3 Å². The lowest BCUT2D eigenvalue weighted by Crippen LogP contribution is -2.56. The number of ether oxygens (including phenoxy) is 2. The highest BCUT2D eigenvalue weighted by atomic mass is 19.1. The molecule has 4 rings (SSSR count). The number of likely N-dealkylation sites (tertiary alicyclic amines) is 1. The number of hydrogen-bond acceptors (Lipinski definition) is 5. The maximum atomic E-state index is 13.1. The van der Waals surface area contributed by atoms with E-state index in [1.54, 1.807) is 4.90 Å². The number of aryl methyl sites for hydroxylation is 2. The number of nitrogens with zero attached hydrogens (tertiary/aromatic N) is 1. The van der Waals surface area contributed by atoms with Gasteiger partial charge in [-0.3, -0.25) is 0 Å². The first-order chi connectivity index (χ1) is 16.2. The zero-order valence-corrected chi connectivity index (χ0v) is 20.1. The molecular formula is C27H33FN2O4. The minimum absolute atomic E-state index is 0.0714. The van der Waals surface area contributed by atoms with Gasteiger partial charge in [-0.05, 0) is 62.6 Å². The van der Waals surface area contributed by atoms with Crippen LogP contribution in [0.2, 0.25) is 0 Å². The van der Waals surface area contributed by atoms with Crippen molar-refractivity contribution in [3.63, 3.8) is 0 Å². The van der Waals surface area contributed by atoms with Crippen LogP contribution in [0.1, 0.15) is 37.7 Å². The van der Waals surface area contributed by atoms with E-state index in [4.69, 9.17) is 13.9 Å². The van der Waals surface area contributed by atoms with Crippen molar-refractivity contribution in [1.29, 1.82) is 0 Å². The number of carbonyl (C=O) groups excluding carboxylic acids is 1. The SMILES string of the molecule is CC(C)(C)OC(=O)N1CC(OCCNCc2ccc3cc(CCc4ccc(F)cc4)oc3c2)C1. The van der Waals surface area contributed by atoms with E-state index in [2.05, 4.69) is 29.6 Å². The Morgan fingerprint density at radius 1 is 1.09 bits per heavy atom. The highest BCUT2D eigenvalue weighted by Gasteiger charge is 2.34. The average Bonchev–Trinajstić information content (AvgIpc) is 3.15. The Bertz CT molecular complexity index is 1100. The molecule has 0 saturated carbocycles. The maximum Gasteiger partial charge on any atom is 0.410 e. The maximum absolute atomic E-state index is 13.1. The fourth-order valence-corrected chi connectivity index (χ4v) is 3.83. The summed E-state index contributed by atoms with van der Waals surface area (Å²) in [5.74, 6) is 0.715. The quantitative estimate of drug-likeness (QED) is 0.444. The summed E-state index contributed by atoms with van der Waals surface area (Å²) >= 11 is 0. The molecule has 1 amide bonds. The number of amides is 1. The predicted molar refractivity (Wildman–Crippen MR) is 129 cm³/mol. The second kappa shape index (κ2) is 10.6. The van der Waals surface area contributed by atoms with E-state index in [0.717, 1.165) is 53.8 Å². The van der Waals surface area contributed by atoms with Crippen LogP contribution < -0.4 is 5.32 Å². The summed E-state index contributed by atoms with van der Waals surface area (Å²) in [4.78, 5) is 13.6. The highest BCUT2D eigenvalue weighted by Crippen LogP contribution is 2.22. The summed E-state index contributed by atoms with van der Waals surface area (Å²) in [6.45, 7) is 8.78. The molecule has 182 valence electrons. The van der Waals surface area contributed by atoms with E-state index >= 15 is 0 Å². The molecule has 34 heavy (non-hydrogen) atoms. The summed E-state index contributed by atoms with van der Waals surface area (Å²) < 4.78 is 30.2. The van der Waals surface area contributed by atoms with Crippen molar-refractivity contribution in [2.45, 2.75) is 51.9 Å². The van der Waals surface area contributed by atoms with Crippen LogP contribution in [-0.4, -0.2) is 48.9 Å². The van der Waals surface area contributed by atoms with Gasteiger partial charge in [0.15, 0.2) is 0 Å². The van der Waals surface area contributed by atoms with E-state index in [1.165, 1.54) is 12.1 Å². The Balaban J connectivity index is 1.15. The van der Waals surface area contributed by atoms with Gasteiger partial charge in [0.1, 0.15) is 22.8 Å². The summed E-state index contributed by atoms with van der Waals surface area (Å²) in [5, 5.41) is 4.47. The van der Waals surface area contributed by atoms with Crippen LogP contribution in [0.3, 0.4) is 0 Å². The molecule has 6 nitrogen and oxygen atoms in total. The van der Waals surface area contributed by atoms with E-state index in [0.29, 0.717) is 19.7 Å². The van der Waals surface area contributed by atoms with Gasteiger partial charge in [-0.15, -0.1) is 0 Å². The van der Waals surface area contributed by atoms with Crippen LogP contribution in [0.15, 0.2) is 52.9 Å². The van der Waals surface area contributed by atoms with Gasteiger partial charge in [-0.25, -0.2) is 9.18 Å². The molecule has 0 unspecified atom stereocenters. The molecular weight excluding hydrogens is 435 g/mol. The number of halogens is 1. The molecule has 0 bridgehead atoms.